The van der Waals surface area contributed by atoms with Crippen LogP contribution >= 0.6 is 0 Å². The van der Waals surface area contributed by atoms with E-state index in [2.05, 4.69) is 33.9 Å². The Labute approximate surface area is 101 Å². The number of anilines is 2. The fourth-order valence-corrected chi connectivity index (χ4v) is 2.27. The monoisotopic (exact) mass is 228 g/mol. The molecule has 3 rings (SSSR count). The second kappa shape index (κ2) is 4.13. The van der Waals surface area contributed by atoms with Crippen molar-refractivity contribution in [2.45, 2.75) is 13.0 Å². The summed E-state index contributed by atoms with van der Waals surface area (Å²) >= 11 is 0. The highest BCUT2D eigenvalue weighted by molar-refractivity contribution is 5.62. The molecule has 17 heavy (non-hydrogen) atoms. The summed E-state index contributed by atoms with van der Waals surface area (Å²) in [7, 11) is 1.92. The maximum Gasteiger partial charge on any atom is 0.0729 e. The molecule has 1 aliphatic heterocycles. The van der Waals surface area contributed by atoms with Crippen LogP contribution < -0.4 is 10.6 Å². The molecular formula is C13H16N4. The third-order valence-electron chi connectivity index (χ3n) is 3.12. The normalized spacial score (nSPS) is 13.2. The maximum atomic E-state index is 4.14. The molecule has 4 nitrogen and oxygen atoms in total. The smallest absolute Gasteiger partial charge is 0.0729 e. The van der Waals surface area contributed by atoms with Gasteiger partial charge >= 0.3 is 0 Å². The van der Waals surface area contributed by atoms with Crippen LogP contribution in [0.15, 0.2) is 30.6 Å². The largest absolute Gasteiger partial charge is 0.384 e. The average Bonchev–Trinajstić information content (AvgIpc) is 2.94. The standard InChI is InChI=1S/C13H16N4/c1-17-9-12(8-16-17)15-7-11-4-2-3-10-5-6-14-13(10)11/h2-4,8-9,14-15H,5-7H2,1H3. The van der Waals surface area contributed by atoms with Crippen LogP contribution in [0.1, 0.15) is 11.1 Å². The summed E-state index contributed by atoms with van der Waals surface area (Å²) in [5, 5.41) is 11.0. The fourth-order valence-electron chi connectivity index (χ4n) is 2.27. The van der Waals surface area contributed by atoms with Crippen molar-refractivity contribution in [2.24, 2.45) is 7.05 Å². The molecule has 0 saturated heterocycles. The molecule has 2 N–H and O–H groups in total. The molecule has 0 atom stereocenters. The van der Waals surface area contributed by atoms with Gasteiger partial charge in [-0.05, 0) is 17.5 Å². The van der Waals surface area contributed by atoms with Crippen molar-refractivity contribution in [3.8, 4) is 0 Å². The SMILES string of the molecule is Cn1cc(NCc2cccc3c2NCC3)cn1. The van der Waals surface area contributed by atoms with E-state index in [0.717, 1.165) is 25.2 Å². The number of aryl methyl sites for hydroxylation is 1. The van der Waals surface area contributed by atoms with Crippen molar-refractivity contribution in [1.82, 2.24) is 9.78 Å². The number of hydrogen-bond donors (Lipinski definition) is 2. The van der Waals surface area contributed by atoms with Crippen LogP contribution in [0.2, 0.25) is 0 Å². The van der Waals surface area contributed by atoms with Crippen molar-refractivity contribution < 1.29 is 0 Å². The lowest BCUT2D eigenvalue weighted by molar-refractivity contribution is 0.768. The van der Waals surface area contributed by atoms with Crippen LogP contribution in [0.5, 0.6) is 0 Å². The third-order valence-corrected chi connectivity index (χ3v) is 3.12. The summed E-state index contributed by atoms with van der Waals surface area (Å²) < 4.78 is 1.80. The van der Waals surface area contributed by atoms with Gasteiger partial charge in [-0.25, -0.2) is 0 Å². The van der Waals surface area contributed by atoms with Crippen molar-refractivity contribution in [1.29, 1.82) is 0 Å². The van der Waals surface area contributed by atoms with Gasteiger partial charge in [-0.15, -0.1) is 0 Å². The lowest BCUT2D eigenvalue weighted by Crippen LogP contribution is -2.02. The number of nitrogens with zero attached hydrogens (tertiary/aromatic N) is 2. The first-order valence-corrected chi connectivity index (χ1v) is 5.90. The van der Waals surface area contributed by atoms with Crippen LogP contribution in [0.25, 0.3) is 0 Å². The van der Waals surface area contributed by atoms with E-state index in [-0.39, 0.29) is 0 Å². The summed E-state index contributed by atoms with van der Waals surface area (Å²) in [5.74, 6) is 0. The average molecular weight is 228 g/mol. The van der Waals surface area contributed by atoms with Crippen LogP contribution in [0, 0.1) is 0 Å². The Morgan fingerprint density at radius 3 is 3.24 bits per heavy atom. The lowest BCUT2D eigenvalue weighted by atomic mass is 10.1. The molecule has 0 saturated carbocycles. The van der Waals surface area contributed by atoms with Crippen molar-refractivity contribution in [2.75, 3.05) is 17.2 Å². The molecular weight excluding hydrogens is 212 g/mol. The lowest BCUT2D eigenvalue weighted by Gasteiger charge is -2.09. The van der Waals surface area contributed by atoms with Gasteiger partial charge < -0.3 is 10.6 Å². The Kier molecular flexibility index (Phi) is 2.48. The first kappa shape index (κ1) is 10.2. The van der Waals surface area contributed by atoms with Crippen LogP contribution in [0.3, 0.4) is 0 Å². The first-order valence-electron chi connectivity index (χ1n) is 5.90. The second-order valence-corrected chi connectivity index (χ2v) is 4.38. The summed E-state index contributed by atoms with van der Waals surface area (Å²) in [6.07, 6.45) is 4.96. The maximum absolute atomic E-state index is 4.14. The van der Waals surface area contributed by atoms with E-state index in [9.17, 15) is 0 Å². The molecule has 1 aliphatic rings. The van der Waals surface area contributed by atoms with Gasteiger partial charge in [0.05, 0.1) is 11.9 Å². The van der Waals surface area contributed by atoms with Crippen LogP contribution in [0.4, 0.5) is 11.4 Å². The van der Waals surface area contributed by atoms with E-state index < -0.39 is 0 Å². The van der Waals surface area contributed by atoms with E-state index in [4.69, 9.17) is 0 Å². The summed E-state index contributed by atoms with van der Waals surface area (Å²) in [4.78, 5) is 0. The molecule has 0 spiro atoms. The van der Waals surface area contributed by atoms with E-state index >= 15 is 0 Å². The Morgan fingerprint density at radius 1 is 1.47 bits per heavy atom. The molecule has 1 aromatic heterocycles. The predicted octanol–water partition coefficient (Wildman–Crippen LogP) is 2.00. The highest BCUT2D eigenvalue weighted by atomic mass is 15.3. The number of para-hydroxylation sites is 1. The molecule has 1 aromatic carbocycles. The van der Waals surface area contributed by atoms with Crippen molar-refractivity contribution in [3.63, 3.8) is 0 Å². The van der Waals surface area contributed by atoms with Crippen molar-refractivity contribution in [3.05, 3.63) is 41.7 Å². The van der Waals surface area contributed by atoms with E-state index in [1.807, 2.05) is 19.4 Å². The Morgan fingerprint density at radius 2 is 2.41 bits per heavy atom. The highest BCUT2D eigenvalue weighted by Crippen LogP contribution is 2.26. The van der Waals surface area contributed by atoms with Crippen LogP contribution in [-0.4, -0.2) is 16.3 Å². The Hall–Kier alpha value is -1.97. The predicted molar refractivity (Wildman–Crippen MR) is 69.2 cm³/mol. The minimum atomic E-state index is 0.835. The zero-order chi connectivity index (χ0) is 11.7. The molecule has 0 unspecified atom stereocenters. The summed E-state index contributed by atoms with van der Waals surface area (Å²) in [6.45, 7) is 1.89. The number of aromatic nitrogens is 2. The van der Waals surface area contributed by atoms with E-state index in [1.54, 1.807) is 4.68 Å². The van der Waals surface area contributed by atoms with Gasteiger partial charge in [-0.3, -0.25) is 4.68 Å². The molecule has 0 radical (unpaired) electrons. The number of hydrogen-bond acceptors (Lipinski definition) is 3. The molecule has 2 heterocycles. The number of benzene rings is 1. The van der Waals surface area contributed by atoms with E-state index in [0.29, 0.717) is 0 Å². The highest BCUT2D eigenvalue weighted by Gasteiger charge is 2.13. The quantitative estimate of drug-likeness (QED) is 0.844. The van der Waals surface area contributed by atoms with Crippen molar-refractivity contribution >= 4 is 11.4 Å². The van der Waals surface area contributed by atoms with Gasteiger partial charge in [-0.2, -0.15) is 5.10 Å². The van der Waals surface area contributed by atoms with Gasteiger partial charge in [0, 0.05) is 32.0 Å². The van der Waals surface area contributed by atoms with Gasteiger partial charge in [0.2, 0.25) is 0 Å². The molecule has 0 fully saturated rings. The minimum Gasteiger partial charge on any atom is -0.384 e. The summed E-state index contributed by atoms with van der Waals surface area (Å²) in [6, 6.07) is 6.50. The molecule has 2 aromatic rings. The van der Waals surface area contributed by atoms with Gasteiger partial charge in [0.1, 0.15) is 0 Å². The number of nitrogens with one attached hydrogen (secondary N) is 2. The molecule has 0 amide bonds. The topological polar surface area (TPSA) is 41.9 Å². The van der Waals surface area contributed by atoms with Crippen LogP contribution in [-0.2, 0) is 20.0 Å². The summed E-state index contributed by atoms with van der Waals surface area (Å²) in [5.41, 5.74) is 5.12. The molecule has 0 aliphatic carbocycles. The molecule has 4 heteroatoms. The first-order chi connectivity index (χ1) is 8.33. The van der Waals surface area contributed by atoms with Gasteiger partial charge in [0.15, 0.2) is 0 Å². The molecule has 0 bridgehead atoms. The minimum absolute atomic E-state index is 0.835. The zero-order valence-electron chi connectivity index (χ0n) is 9.90. The third kappa shape index (κ3) is 1.98. The Bertz CT molecular complexity index is 530. The fraction of sp³-hybridized carbons (Fsp3) is 0.308. The second-order valence-electron chi connectivity index (χ2n) is 4.38. The van der Waals surface area contributed by atoms with E-state index in [1.165, 1.54) is 16.8 Å². The van der Waals surface area contributed by atoms with Gasteiger partial charge in [0.25, 0.3) is 0 Å². The number of rotatable bonds is 3. The number of fused-ring (bicyclic) bond motifs is 1. The Balaban J connectivity index is 1.75. The van der Waals surface area contributed by atoms with Gasteiger partial charge in [-0.1, -0.05) is 18.2 Å². The zero-order valence-corrected chi connectivity index (χ0v) is 9.90. The molecule has 88 valence electrons.